The largest absolute Gasteiger partial charge is 0.478 e. The lowest BCUT2D eigenvalue weighted by atomic mass is 10.2. The van der Waals surface area contributed by atoms with Gasteiger partial charge in [0.1, 0.15) is 0 Å². The van der Waals surface area contributed by atoms with Crippen LogP contribution in [0.3, 0.4) is 0 Å². The van der Waals surface area contributed by atoms with Crippen LogP contribution in [0, 0.1) is 0 Å². The fraction of sp³-hybridized carbons (Fsp3) is 0.429. The Kier molecular flexibility index (Phi) is 3.30. The van der Waals surface area contributed by atoms with E-state index in [0.717, 1.165) is 0 Å². The molecule has 0 saturated carbocycles. The number of hydrogen-bond donors (Lipinski definition) is 1. The number of rotatable bonds is 3. The predicted molar refractivity (Wildman–Crippen MR) is 40.1 cm³/mol. The van der Waals surface area contributed by atoms with E-state index in [9.17, 15) is 9.59 Å². The van der Waals surface area contributed by atoms with Crippen molar-refractivity contribution in [3.63, 3.8) is 0 Å². The van der Waals surface area contributed by atoms with Gasteiger partial charge in [0, 0.05) is 19.7 Å². The Bertz CT molecular complexity index is 196. The summed E-state index contributed by atoms with van der Waals surface area (Å²) < 4.78 is 0. The maximum Gasteiger partial charge on any atom is 0.331 e. The topological polar surface area (TPSA) is 57.6 Å². The molecule has 0 spiro atoms. The zero-order chi connectivity index (χ0) is 9.02. The maximum atomic E-state index is 10.9. The van der Waals surface area contributed by atoms with Gasteiger partial charge in [-0.15, -0.1) is 0 Å². The summed E-state index contributed by atoms with van der Waals surface area (Å²) in [6.45, 7) is 3.23. The third-order valence-corrected chi connectivity index (χ3v) is 1.17. The van der Waals surface area contributed by atoms with E-state index in [2.05, 4.69) is 6.58 Å². The van der Waals surface area contributed by atoms with Crippen molar-refractivity contribution in [2.45, 2.75) is 6.42 Å². The monoisotopic (exact) mass is 157 g/mol. The summed E-state index contributed by atoms with van der Waals surface area (Å²) in [5, 5.41) is 8.34. The molecule has 0 aliphatic heterocycles. The Morgan fingerprint density at radius 2 is 1.91 bits per heavy atom. The molecule has 0 atom stereocenters. The molecule has 11 heavy (non-hydrogen) atoms. The van der Waals surface area contributed by atoms with Gasteiger partial charge in [-0.1, -0.05) is 6.58 Å². The fourth-order valence-corrected chi connectivity index (χ4v) is 0.416. The molecule has 0 aromatic heterocycles. The second-order valence-corrected chi connectivity index (χ2v) is 2.37. The molecule has 1 N–H and O–H groups in total. The summed E-state index contributed by atoms with van der Waals surface area (Å²) >= 11 is 0. The van der Waals surface area contributed by atoms with E-state index in [-0.39, 0.29) is 17.9 Å². The van der Waals surface area contributed by atoms with Crippen LogP contribution in [0.5, 0.6) is 0 Å². The van der Waals surface area contributed by atoms with Crippen LogP contribution < -0.4 is 0 Å². The minimum atomic E-state index is -1.12. The van der Waals surface area contributed by atoms with E-state index in [1.807, 2.05) is 0 Å². The van der Waals surface area contributed by atoms with Crippen molar-refractivity contribution in [2.75, 3.05) is 14.1 Å². The molecule has 62 valence electrons. The van der Waals surface area contributed by atoms with Gasteiger partial charge < -0.3 is 10.0 Å². The van der Waals surface area contributed by atoms with Crippen LogP contribution in [0.25, 0.3) is 0 Å². The van der Waals surface area contributed by atoms with Crippen LogP contribution >= 0.6 is 0 Å². The third-order valence-electron chi connectivity index (χ3n) is 1.17. The van der Waals surface area contributed by atoms with Crippen LogP contribution in [0.2, 0.25) is 0 Å². The Morgan fingerprint density at radius 3 is 2.18 bits per heavy atom. The van der Waals surface area contributed by atoms with E-state index in [1.54, 1.807) is 14.1 Å². The maximum absolute atomic E-state index is 10.9. The van der Waals surface area contributed by atoms with E-state index >= 15 is 0 Å². The number of amides is 1. The molecule has 4 nitrogen and oxygen atoms in total. The molecule has 4 heteroatoms. The molecule has 0 rings (SSSR count). The number of aliphatic carboxylic acids is 1. The molecule has 1 amide bonds. The first kappa shape index (κ1) is 9.68. The molecule has 0 aliphatic carbocycles. The second kappa shape index (κ2) is 3.75. The molecule has 0 saturated heterocycles. The lowest BCUT2D eigenvalue weighted by molar-refractivity contribution is -0.135. The van der Waals surface area contributed by atoms with Crippen LogP contribution in [0.15, 0.2) is 12.2 Å². The van der Waals surface area contributed by atoms with E-state index in [4.69, 9.17) is 5.11 Å². The van der Waals surface area contributed by atoms with Crippen molar-refractivity contribution < 1.29 is 14.7 Å². The van der Waals surface area contributed by atoms with Crippen LogP contribution in [-0.4, -0.2) is 36.0 Å². The Balaban J connectivity index is 3.96. The first-order valence-corrected chi connectivity index (χ1v) is 3.06. The second-order valence-electron chi connectivity index (χ2n) is 2.37. The molecule has 0 radical (unpaired) electrons. The molecule has 0 aromatic carbocycles. The molecule has 0 heterocycles. The van der Waals surface area contributed by atoms with E-state index in [0.29, 0.717) is 0 Å². The Morgan fingerprint density at radius 1 is 1.45 bits per heavy atom. The minimum Gasteiger partial charge on any atom is -0.478 e. The number of carboxylic acid groups (broad SMARTS) is 1. The van der Waals surface area contributed by atoms with Gasteiger partial charge in [0.05, 0.1) is 6.42 Å². The zero-order valence-corrected chi connectivity index (χ0v) is 6.63. The average molecular weight is 157 g/mol. The van der Waals surface area contributed by atoms with Crippen LogP contribution in [-0.2, 0) is 9.59 Å². The molecule has 0 fully saturated rings. The lowest BCUT2D eigenvalue weighted by Gasteiger charge is -2.08. The van der Waals surface area contributed by atoms with Crippen molar-refractivity contribution in [1.29, 1.82) is 0 Å². The highest BCUT2D eigenvalue weighted by atomic mass is 16.4. The third kappa shape index (κ3) is 3.40. The van der Waals surface area contributed by atoms with E-state index < -0.39 is 5.97 Å². The highest BCUT2D eigenvalue weighted by Crippen LogP contribution is 1.99. The summed E-state index contributed by atoms with van der Waals surface area (Å²) in [5.74, 6) is -1.38. The number of carbonyl (C=O) groups excluding carboxylic acids is 1. The smallest absolute Gasteiger partial charge is 0.331 e. The molecule has 0 aromatic rings. The number of hydrogen-bond acceptors (Lipinski definition) is 2. The van der Waals surface area contributed by atoms with Gasteiger partial charge in [0.15, 0.2) is 0 Å². The Hall–Kier alpha value is -1.32. The first-order chi connectivity index (χ1) is 4.95. The van der Waals surface area contributed by atoms with Gasteiger partial charge in [-0.2, -0.15) is 0 Å². The van der Waals surface area contributed by atoms with Crippen molar-refractivity contribution in [1.82, 2.24) is 4.90 Å². The predicted octanol–water partition coefficient (Wildman–Crippen LogP) is 0.106. The highest BCUT2D eigenvalue weighted by molar-refractivity contribution is 5.93. The van der Waals surface area contributed by atoms with Gasteiger partial charge in [0.25, 0.3) is 0 Å². The summed E-state index contributed by atoms with van der Waals surface area (Å²) in [6, 6.07) is 0. The van der Waals surface area contributed by atoms with Crippen molar-refractivity contribution >= 4 is 11.9 Å². The quantitative estimate of drug-likeness (QED) is 0.591. The van der Waals surface area contributed by atoms with Crippen molar-refractivity contribution in [3.8, 4) is 0 Å². The zero-order valence-electron chi connectivity index (χ0n) is 6.63. The standard InChI is InChI=1S/C7H11NO3/c1-5(7(10)11)4-6(9)8(2)3/h1,4H2,2-3H3,(H,10,11). The minimum absolute atomic E-state index is 0.0799. The van der Waals surface area contributed by atoms with Gasteiger partial charge in [-0.3, -0.25) is 4.79 Å². The first-order valence-electron chi connectivity index (χ1n) is 3.06. The van der Waals surface area contributed by atoms with Gasteiger partial charge in [-0.25, -0.2) is 4.79 Å². The average Bonchev–Trinajstić information content (AvgIpc) is 1.87. The van der Waals surface area contributed by atoms with Crippen LogP contribution in [0.4, 0.5) is 0 Å². The summed E-state index contributed by atoms with van der Waals surface area (Å²) in [5.41, 5.74) is -0.0799. The molecular weight excluding hydrogens is 146 g/mol. The van der Waals surface area contributed by atoms with E-state index in [1.165, 1.54) is 4.90 Å². The summed E-state index contributed by atoms with van der Waals surface area (Å²) in [7, 11) is 3.13. The van der Waals surface area contributed by atoms with Gasteiger partial charge >= 0.3 is 5.97 Å². The Labute approximate surface area is 65.1 Å². The molecular formula is C7H11NO3. The molecule has 0 bridgehead atoms. The summed E-state index contributed by atoms with van der Waals surface area (Å²) in [6.07, 6.45) is -0.123. The fourth-order valence-electron chi connectivity index (χ4n) is 0.416. The summed E-state index contributed by atoms with van der Waals surface area (Å²) in [4.78, 5) is 22.4. The van der Waals surface area contributed by atoms with Crippen molar-refractivity contribution in [3.05, 3.63) is 12.2 Å². The van der Waals surface area contributed by atoms with Crippen molar-refractivity contribution in [2.24, 2.45) is 0 Å². The van der Waals surface area contributed by atoms with Gasteiger partial charge in [0.2, 0.25) is 5.91 Å². The number of carbonyl (C=O) groups is 2. The number of nitrogens with zero attached hydrogens (tertiary/aromatic N) is 1. The lowest BCUT2D eigenvalue weighted by Crippen LogP contribution is -2.22. The normalized spacial score (nSPS) is 8.91. The highest BCUT2D eigenvalue weighted by Gasteiger charge is 2.10. The molecule has 0 aliphatic rings. The van der Waals surface area contributed by atoms with Crippen LogP contribution in [0.1, 0.15) is 6.42 Å². The molecule has 0 unspecified atom stereocenters. The SMILES string of the molecule is C=C(CC(=O)N(C)C)C(=O)O. The number of carboxylic acids is 1. The van der Waals surface area contributed by atoms with Gasteiger partial charge in [-0.05, 0) is 0 Å².